The Morgan fingerprint density at radius 1 is 1.29 bits per heavy atom. The second-order valence-electron chi connectivity index (χ2n) is 3.46. The molecule has 1 fully saturated rings. The molecule has 17 heavy (non-hydrogen) atoms. The summed E-state index contributed by atoms with van der Waals surface area (Å²) in [4.78, 5) is 23.1. The van der Waals surface area contributed by atoms with Crippen LogP contribution in [0.2, 0.25) is 0 Å². The minimum atomic E-state index is -0.639. The lowest BCUT2D eigenvalue weighted by molar-refractivity contribution is 0.0470. The molecule has 1 atom stereocenters. The van der Waals surface area contributed by atoms with Crippen LogP contribution in [-0.4, -0.2) is 31.3 Å². The maximum atomic E-state index is 11.7. The Morgan fingerprint density at radius 3 is 2.41 bits per heavy atom. The van der Waals surface area contributed by atoms with Gasteiger partial charge in [-0.3, -0.25) is 0 Å². The lowest BCUT2D eigenvalue weighted by atomic mass is 10.1. The summed E-state index contributed by atoms with van der Waals surface area (Å²) < 4.78 is 14.3. The van der Waals surface area contributed by atoms with E-state index in [1.807, 2.05) is 0 Å². The van der Waals surface area contributed by atoms with Crippen LogP contribution >= 0.6 is 16.3 Å². The Kier molecular flexibility index (Phi) is 3.75. The maximum absolute atomic E-state index is 11.7. The molecule has 0 N–H and O–H groups in total. The van der Waals surface area contributed by atoms with Gasteiger partial charge in [-0.15, -0.1) is 0 Å². The van der Waals surface area contributed by atoms with Crippen molar-refractivity contribution in [2.45, 2.75) is 6.10 Å². The number of hydrogen-bond acceptors (Lipinski definition) is 5. The van der Waals surface area contributed by atoms with Gasteiger partial charge in [0.05, 0.1) is 17.7 Å². The van der Waals surface area contributed by atoms with Gasteiger partial charge in [0.1, 0.15) is 12.7 Å². The Hall–Kier alpha value is -1.40. The number of epoxide rings is 1. The summed E-state index contributed by atoms with van der Waals surface area (Å²) in [6.07, 6.45) is -0.00533. The molecule has 1 aromatic rings. The van der Waals surface area contributed by atoms with Crippen molar-refractivity contribution >= 4 is 28.2 Å². The van der Waals surface area contributed by atoms with Crippen LogP contribution < -0.4 is 0 Å². The predicted molar refractivity (Wildman–Crippen MR) is 60.8 cm³/mol. The second-order valence-corrected chi connectivity index (χ2v) is 3.79. The first-order valence-corrected chi connectivity index (χ1v) is 5.58. The fourth-order valence-corrected chi connectivity index (χ4v) is 1.47. The highest BCUT2D eigenvalue weighted by molar-refractivity contribution is 9.06. The summed E-state index contributed by atoms with van der Waals surface area (Å²) in [6.45, 7) is 0.814. The fraction of sp³-hybridized carbons (Fsp3) is 0.273. The van der Waals surface area contributed by atoms with Gasteiger partial charge in [-0.05, 0) is 12.1 Å². The maximum Gasteiger partial charge on any atom is 0.350 e. The Balaban J connectivity index is 2.12. The summed E-state index contributed by atoms with van der Waals surface area (Å²) in [7, 11) is 0. The molecule has 0 spiro atoms. The molecule has 1 aliphatic rings. The first-order valence-electron chi connectivity index (χ1n) is 4.93. The number of benzene rings is 1. The molecular formula is C11H9BrO5. The van der Waals surface area contributed by atoms with Gasteiger partial charge in [-0.1, -0.05) is 12.1 Å². The summed E-state index contributed by atoms with van der Waals surface area (Å²) in [5.41, 5.74) is 0.337. The summed E-state index contributed by atoms with van der Waals surface area (Å²) in [5, 5.41) is 0. The van der Waals surface area contributed by atoms with E-state index in [1.54, 1.807) is 12.1 Å². The van der Waals surface area contributed by atoms with Crippen LogP contribution in [0, 0.1) is 0 Å². The molecule has 2 rings (SSSR count). The molecule has 0 aliphatic carbocycles. The first kappa shape index (κ1) is 12.1. The molecule has 1 aromatic carbocycles. The fourth-order valence-electron chi connectivity index (χ4n) is 1.29. The van der Waals surface area contributed by atoms with Crippen LogP contribution in [0.15, 0.2) is 24.3 Å². The largest absolute Gasteiger partial charge is 0.459 e. The highest BCUT2D eigenvalue weighted by Crippen LogP contribution is 2.15. The molecule has 1 saturated heterocycles. The van der Waals surface area contributed by atoms with E-state index < -0.39 is 11.9 Å². The zero-order valence-corrected chi connectivity index (χ0v) is 10.3. The molecule has 0 aromatic heterocycles. The van der Waals surface area contributed by atoms with E-state index >= 15 is 0 Å². The number of hydrogen-bond donors (Lipinski definition) is 0. The van der Waals surface area contributed by atoms with E-state index in [0.29, 0.717) is 6.61 Å². The monoisotopic (exact) mass is 300 g/mol. The van der Waals surface area contributed by atoms with Crippen molar-refractivity contribution in [3.8, 4) is 0 Å². The number of carbonyl (C=O) groups is 2. The smallest absolute Gasteiger partial charge is 0.350 e. The SMILES string of the molecule is O=C(OBr)c1ccccc1C(=O)OCC1CO1. The molecule has 6 heteroatoms. The van der Waals surface area contributed by atoms with Crippen LogP contribution in [0.4, 0.5) is 0 Å². The van der Waals surface area contributed by atoms with Gasteiger partial charge >= 0.3 is 11.9 Å². The standard InChI is InChI=1S/C11H9BrO5/c12-17-11(14)9-4-2-1-3-8(9)10(13)16-6-7-5-15-7/h1-4,7H,5-6H2. The van der Waals surface area contributed by atoms with E-state index in [1.165, 1.54) is 12.1 Å². The Labute approximate surface area is 106 Å². The van der Waals surface area contributed by atoms with Crippen molar-refractivity contribution in [2.24, 2.45) is 0 Å². The average Bonchev–Trinajstić information content (AvgIpc) is 3.19. The zero-order chi connectivity index (χ0) is 12.3. The molecule has 1 unspecified atom stereocenters. The van der Waals surface area contributed by atoms with E-state index in [9.17, 15) is 9.59 Å². The molecule has 5 nitrogen and oxygen atoms in total. The van der Waals surface area contributed by atoms with E-state index in [2.05, 4.69) is 20.1 Å². The summed E-state index contributed by atoms with van der Waals surface area (Å²) in [6, 6.07) is 6.29. The van der Waals surface area contributed by atoms with Crippen molar-refractivity contribution < 1.29 is 22.9 Å². The third kappa shape index (κ3) is 3.04. The van der Waals surface area contributed by atoms with Gasteiger partial charge in [-0.25, -0.2) is 9.59 Å². The van der Waals surface area contributed by atoms with Crippen LogP contribution in [0.25, 0.3) is 0 Å². The molecule has 0 radical (unpaired) electrons. The van der Waals surface area contributed by atoms with Crippen molar-refractivity contribution in [3.05, 3.63) is 35.4 Å². The molecule has 0 bridgehead atoms. The molecule has 90 valence electrons. The van der Waals surface area contributed by atoms with Gasteiger partial charge < -0.3 is 13.3 Å². The number of halogens is 1. The molecule has 0 saturated carbocycles. The van der Waals surface area contributed by atoms with Gasteiger partial charge in [-0.2, -0.15) is 0 Å². The lowest BCUT2D eigenvalue weighted by Gasteiger charge is -2.06. The minimum absolute atomic E-state index is 0.00533. The topological polar surface area (TPSA) is 65.1 Å². The molecule has 0 amide bonds. The van der Waals surface area contributed by atoms with Gasteiger partial charge in [0.2, 0.25) is 0 Å². The molecule has 1 heterocycles. The van der Waals surface area contributed by atoms with Crippen LogP contribution in [0.3, 0.4) is 0 Å². The quantitative estimate of drug-likeness (QED) is 0.625. The zero-order valence-electron chi connectivity index (χ0n) is 8.72. The number of rotatable bonds is 4. The van der Waals surface area contributed by atoms with Crippen LogP contribution in [0.5, 0.6) is 0 Å². The van der Waals surface area contributed by atoms with Gasteiger partial charge in [0.25, 0.3) is 0 Å². The predicted octanol–water partition coefficient (Wildman–Crippen LogP) is 1.71. The van der Waals surface area contributed by atoms with Gasteiger partial charge in [0, 0.05) is 0 Å². The van der Waals surface area contributed by atoms with Crippen molar-refractivity contribution in [1.82, 2.24) is 0 Å². The minimum Gasteiger partial charge on any atom is -0.459 e. The van der Waals surface area contributed by atoms with Gasteiger partial charge in [0.15, 0.2) is 16.3 Å². The third-order valence-corrected chi connectivity index (χ3v) is 2.53. The van der Waals surface area contributed by atoms with E-state index in [4.69, 9.17) is 9.47 Å². The van der Waals surface area contributed by atoms with Crippen LogP contribution in [-0.2, 0) is 13.3 Å². The van der Waals surface area contributed by atoms with E-state index in [0.717, 1.165) is 0 Å². The molecular weight excluding hydrogens is 292 g/mol. The highest BCUT2D eigenvalue weighted by atomic mass is 79.9. The van der Waals surface area contributed by atoms with E-state index in [-0.39, 0.29) is 23.8 Å². The van der Waals surface area contributed by atoms with Crippen LogP contribution in [0.1, 0.15) is 20.7 Å². The van der Waals surface area contributed by atoms with Crippen molar-refractivity contribution in [2.75, 3.05) is 13.2 Å². The number of esters is 1. The molecule has 1 aliphatic heterocycles. The second kappa shape index (κ2) is 5.29. The Bertz CT molecular complexity index is 441. The highest BCUT2D eigenvalue weighted by Gasteiger charge is 2.26. The Morgan fingerprint density at radius 2 is 1.88 bits per heavy atom. The number of ether oxygens (including phenoxy) is 2. The lowest BCUT2D eigenvalue weighted by Crippen LogP contribution is -2.14. The normalized spacial score (nSPS) is 17.4. The third-order valence-electron chi connectivity index (χ3n) is 2.24. The summed E-state index contributed by atoms with van der Waals surface area (Å²) in [5.74, 6) is -1.20. The summed E-state index contributed by atoms with van der Waals surface area (Å²) >= 11 is 2.59. The average molecular weight is 301 g/mol. The van der Waals surface area contributed by atoms with Crippen molar-refractivity contribution in [1.29, 1.82) is 0 Å². The van der Waals surface area contributed by atoms with Crippen molar-refractivity contribution in [3.63, 3.8) is 0 Å². The number of carbonyl (C=O) groups excluding carboxylic acids is 2. The first-order chi connectivity index (χ1) is 8.22.